The first-order valence-corrected chi connectivity index (χ1v) is 9.20. The smallest absolute Gasteiger partial charge is 0.235 e. The summed E-state index contributed by atoms with van der Waals surface area (Å²) in [5, 5.41) is 1.87. The molecule has 7 nitrogen and oxygen atoms in total. The second-order valence-electron chi connectivity index (χ2n) is 6.00. The van der Waals surface area contributed by atoms with Gasteiger partial charge in [-0.15, -0.1) is 0 Å². The molecule has 24 heavy (non-hydrogen) atoms. The van der Waals surface area contributed by atoms with E-state index < -0.39 is 27.0 Å². The summed E-state index contributed by atoms with van der Waals surface area (Å²) in [6.45, 7) is 3.24. The summed E-state index contributed by atoms with van der Waals surface area (Å²) >= 11 is 0. The first kappa shape index (κ1) is 18.8. The number of nitrogens with one attached hydrogen (secondary N) is 3. The summed E-state index contributed by atoms with van der Waals surface area (Å²) in [6, 6.07) is 5.57. The minimum atomic E-state index is -3.65. The third-order valence-corrected chi connectivity index (χ3v) is 6.61. The number of nitrogens with zero attached hydrogens (tertiary/aromatic N) is 1. The number of hydrogen-bond acceptors (Lipinski definition) is 5. The van der Waals surface area contributed by atoms with E-state index in [-0.39, 0.29) is 25.2 Å². The Morgan fingerprint density at radius 3 is 2.42 bits per heavy atom. The van der Waals surface area contributed by atoms with Crippen LogP contribution < -0.4 is 16.2 Å². The van der Waals surface area contributed by atoms with E-state index in [1.165, 1.54) is 13.1 Å². The molecule has 0 aliphatic carbocycles. The summed E-state index contributed by atoms with van der Waals surface area (Å²) in [4.78, 5) is 12.0. The fourth-order valence-corrected chi connectivity index (χ4v) is 4.65. The zero-order valence-electron chi connectivity index (χ0n) is 13.9. The molecule has 1 aromatic rings. The maximum Gasteiger partial charge on any atom is 0.235 e. The Labute approximate surface area is 141 Å². The van der Waals surface area contributed by atoms with Crippen LogP contribution in [0.15, 0.2) is 24.3 Å². The van der Waals surface area contributed by atoms with Crippen LogP contribution in [0, 0.1) is 5.82 Å². The first-order valence-electron chi connectivity index (χ1n) is 7.69. The lowest BCUT2D eigenvalue weighted by Crippen LogP contribution is -2.48. The Bertz CT molecular complexity index is 688. The normalized spacial score (nSPS) is 24.3. The number of likely N-dealkylation sites (N-methyl/N-ethyl adjacent to an activating group) is 1. The molecule has 0 aromatic heterocycles. The average molecular weight is 358 g/mol. The molecule has 0 bridgehead atoms. The average Bonchev–Trinajstić information content (AvgIpc) is 2.86. The number of benzene rings is 1. The maximum atomic E-state index is 13.5. The molecule has 2 unspecified atom stereocenters. The van der Waals surface area contributed by atoms with Crippen LogP contribution in [0.3, 0.4) is 0 Å². The quantitative estimate of drug-likeness (QED) is 0.664. The molecule has 0 spiro atoms. The predicted octanol–water partition coefficient (Wildman–Crippen LogP) is -0.0431. The fourth-order valence-electron chi connectivity index (χ4n) is 2.77. The van der Waals surface area contributed by atoms with E-state index in [0.717, 1.165) is 4.31 Å². The lowest BCUT2D eigenvalue weighted by molar-refractivity contribution is -0.121. The SMILES string of the molecule is CC1NNC(C)C1S(=O)(=O)N(C)CC(=O)NCc1ccccc1F. The van der Waals surface area contributed by atoms with Crippen LogP contribution in [0.5, 0.6) is 0 Å². The van der Waals surface area contributed by atoms with Crippen molar-refractivity contribution >= 4 is 15.9 Å². The summed E-state index contributed by atoms with van der Waals surface area (Å²) in [5.41, 5.74) is 6.13. The second-order valence-corrected chi connectivity index (χ2v) is 8.20. The van der Waals surface area contributed by atoms with Crippen molar-refractivity contribution in [2.45, 2.75) is 37.7 Å². The molecule has 1 aliphatic rings. The van der Waals surface area contributed by atoms with Gasteiger partial charge in [-0.25, -0.2) is 12.8 Å². The van der Waals surface area contributed by atoms with Crippen molar-refractivity contribution in [1.82, 2.24) is 20.5 Å². The van der Waals surface area contributed by atoms with Crippen LogP contribution in [0.2, 0.25) is 0 Å². The third kappa shape index (κ3) is 4.10. The van der Waals surface area contributed by atoms with E-state index >= 15 is 0 Å². The highest BCUT2D eigenvalue weighted by Gasteiger charge is 2.42. The summed E-state index contributed by atoms with van der Waals surface area (Å²) in [7, 11) is -2.28. The third-order valence-electron chi connectivity index (χ3n) is 4.10. The minimum absolute atomic E-state index is 0.0126. The number of hydrazine groups is 1. The molecule has 2 rings (SSSR count). The van der Waals surface area contributed by atoms with Crippen molar-refractivity contribution in [1.29, 1.82) is 0 Å². The van der Waals surface area contributed by atoms with Gasteiger partial charge >= 0.3 is 0 Å². The van der Waals surface area contributed by atoms with Crippen LogP contribution in [0.1, 0.15) is 19.4 Å². The second kappa shape index (κ2) is 7.56. The van der Waals surface area contributed by atoms with Crippen molar-refractivity contribution in [3.05, 3.63) is 35.6 Å². The Morgan fingerprint density at radius 1 is 1.25 bits per heavy atom. The van der Waals surface area contributed by atoms with Gasteiger partial charge in [-0.2, -0.15) is 4.31 Å². The van der Waals surface area contributed by atoms with E-state index in [0.29, 0.717) is 5.56 Å². The number of carbonyl (C=O) groups is 1. The highest BCUT2D eigenvalue weighted by molar-refractivity contribution is 7.89. The molecule has 0 radical (unpaired) electrons. The lowest BCUT2D eigenvalue weighted by atomic mass is 10.2. The molecule has 1 aliphatic heterocycles. The predicted molar refractivity (Wildman–Crippen MR) is 88.8 cm³/mol. The van der Waals surface area contributed by atoms with Gasteiger partial charge in [-0.1, -0.05) is 18.2 Å². The molecule has 3 N–H and O–H groups in total. The fraction of sp³-hybridized carbons (Fsp3) is 0.533. The summed E-state index contributed by atoms with van der Waals surface area (Å²) in [5.74, 6) is -0.895. The minimum Gasteiger partial charge on any atom is -0.351 e. The van der Waals surface area contributed by atoms with Gasteiger partial charge in [0.15, 0.2) is 0 Å². The van der Waals surface area contributed by atoms with E-state index in [2.05, 4.69) is 16.2 Å². The van der Waals surface area contributed by atoms with Crippen LogP contribution in [0.25, 0.3) is 0 Å². The van der Waals surface area contributed by atoms with Gasteiger partial charge in [-0.3, -0.25) is 15.6 Å². The van der Waals surface area contributed by atoms with Crippen molar-refractivity contribution in [2.75, 3.05) is 13.6 Å². The number of hydrogen-bond donors (Lipinski definition) is 3. The Hall–Kier alpha value is -1.55. The standard InChI is InChI=1S/C15H23FN4O3S/c1-10-15(11(2)19-18-10)24(22,23)20(3)9-14(21)17-8-12-6-4-5-7-13(12)16/h4-7,10-11,15,18-19H,8-9H2,1-3H3,(H,17,21). The Balaban J connectivity index is 1.94. The van der Waals surface area contributed by atoms with Crippen LogP contribution in [-0.4, -0.2) is 49.6 Å². The van der Waals surface area contributed by atoms with Crippen molar-refractivity contribution in [3.63, 3.8) is 0 Å². The van der Waals surface area contributed by atoms with Gasteiger partial charge in [0.05, 0.1) is 6.54 Å². The first-order chi connectivity index (χ1) is 11.2. The molecule has 1 heterocycles. The molecule has 1 amide bonds. The van der Waals surface area contributed by atoms with Gasteiger partial charge in [0.1, 0.15) is 11.1 Å². The van der Waals surface area contributed by atoms with Gasteiger partial charge in [-0.05, 0) is 19.9 Å². The number of rotatable bonds is 6. The molecule has 9 heteroatoms. The number of carbonyl (C=O) groups excluding carboxylic acids is 1. The van der Waals surface area contributed by atoms with E-state index in [4.69, 9.17) is 0 Å². The molecule has 1 aromatic carbocycles. The van der Waals surface area contributed by atoms with Crippen LogP contribution in [-0.2, 0) is 21.4 Å². The maximum absolute atomic E-state index is 13.5. The van der Waals surface area contributed by atoms with Crippen molar-refractivity contribution in [3.8, 4) is 0 Å². The molecule has 2 atom stereocenters. The molecule has 0 saturated carbocycles. The van der Waals surface area contributed by atoms with Gasteiger partial charge in [0.2, 0.25) is 15.9 Å². The number of amides is 1. The molecular formula is C15H23FN4O3S. The van der Waals surface area contributed by atoms with Gasteiger partial charge < -0.3 is 5.32 Å². The zero-order valence-corrected chi connectivity index (χ0v) is 14.7. The van der Waals surface area contributed by atoms with E-state index in [1.54, 1.807) is 32.0 Å². The zero-order chi connectivity index (χ0) is 17.9. The van der Waals surface area contributed by atoms with Crippen LogP contribution >= 0.6 is 0 Å². The Kier molecular flexibility index (Phi) is 5.92. The largest absolute Gasteiger partial charge is 0.351 e. The van der Waals surface area contributed by atoms with E-state index in [9.17, 15) is 17.6 Å². The van der Waals surface area contributed by atoms with Gasteiger partial charge in [0, 0.05) is 31.2 Å². The lowest BCUT2D eigenvalue weighted by Gasteiger charge is -2.25. The monoisotopic (exact) mass is 358 g/mol. The number of halogens is 1. The molecular weight excluding hydrogens is 335 g/mol. The highest BCUT2D eigenvalue weighted by atomic mass is 32.2. The summed E-state index contributed by atoms with van der Waals surface area (Å²) < 4.78 is 39.8. The van der Waals surface area contributed by atoms with Crippen LogP contribution in [0.4, 0.5) is 4.39 Å². The topological polar surface area (TPSA) is 90.5 Å². The van der Waals surface area contributed by atoms with Crippen molar-refractivity contribution in [2.24, 2.45) is 0 Å². The Morgan fingerprint density at radius 2 is 1.83 bits per heavy atom. The van der Waals surface area contributed by atoms with Crippen molar-refractivity contribution < 1.29 is 17.6 Å². The van der Waals surface area contributed by atoms with Gasteiger partial charge in [0.25, 0.3) is 0 Å². The highest BCUT2D eigenvalue weighted by Crippen LogP contribution is 2.18. The van der Waals surface area contributed by atoms with E-state index in [1.807, 2.05) is 0 Å². The molecule has 134 valence electrons. The number of sulfonamides is 1. The summed E-state index contributed by atoms with van der Waals surface area (Å²) in [6.07, 6.45) is 0. The molecule has 1 fully saturated rings. The molecule has 1 saturated heterocycles.